The Kier molecular flexibility index (Phi) is 5.00. The van der Waals surface area contributed by atoms with E-state index in [-0.39, 0.29) is 12.6 Å². The molecule has 2 fully saturated rings. The van der Waals surface area contributed by atoms with Crippen LogP contribution in [0.3, 0.4) is 0 Å². The molecule has 5 nitrogen and oxygen atoms in total. The predicted octanol–water partition coefficient (Wildman–Crippen LogP) is 0.954. The summed E-state index contributed by atoms with van der Waals surface area (Å²) in [5.74, 6) is 0. The van der Waals surface area contributed by atoms with Crippen molar-refractivity contribution in [3.63, 3.8) is 0 Å². The van der Waals surface area contributed by atoms with Gasteiger partial charge in [-0.05, 0) is 38.5 Å². The van der Waals surface area contributed by atoms with Gasteiger partial charge >= 0.3 is 0 Å². The highest BCUT2D eigenvalue weighted by Gasteiger charge is 2.40. The largest absolute Gasteiger partial charge is 0.396 e. The van der Waals surface area contributed by atoms with E-state index in [0.29, 0.717) is 26.1 Å². The Bertz CT molecular complexity index is 348. The van der Waals surface area contributed by atoms with E-state index >= 15 is 0 Å². The normalized spacial score (nSPS) is 22.6. The van der Waals surface area contributed by atoms with E-state index in [1.54, 1.807) is 8.61 Å². The first kappa shape index (κ1) is 14.2. The smallest absolute Gasteiger partial charge is 0.282 e. The van der Waals surface area contributed by atoms with Gasteiger partial charge in [0.15, 0.2) is 0 Å². The van der Waals surface area contributed by atoms with Crippen molar-refractivity contribution < 1.29 is 13.5 Å². The van der Waals surface area contributed by atoms with Crippen molar-refractivity contribution in [1.29, 1.82) is 0 Å². The molecule has 1 aliphatic heterocycles. The van der Waals surface area contributed by atoms with Crippen LogP contribution < -0.4 is 0 Å². The van der Waals surface area contributed by atoms with Gasteiger partial charge in [-0.2, -0.15) is 17.0 Å². The molecule has 2 aliphatic rings. The molecular formula is C12H24N2O3S. The van der Waals surface area contributed by atoms with Crippen molar-refractivity contribution in [1.82, 2.24) is 8.61 Å². The van der Waals surface area contributed by atoms with Crippen LogP contribution in [0.5, 0.6) is 0 Å². The van der Waals surface area contributed by atoms with Gasteiger partial charge in [0.05, 0.1) is 0 Å². The zero-order valence-corrected chi connectivity index (χ0v) is 11.7. The molecule has 0 spiro atoms. The Morgan fingerprint density at radius 1 is 1.11 bits per heavy atom. The molecule has 1 aliphatic carbocycles. The van der Waals surface area contributed by atoms with E-state index in [1.165, 1.54) is 0 Å². The van der Waals surface area contributed by atoms with Gasteiger partial charge in [-0.25, -0.2) is 0 Å². The fourth-order valence-electron chi connectivity index (χ4n) is 2.47. The molecule has 0 amide bonds. The highest BCUT2D eigenvalue weighted by atomic mass is 32.2. The summed E-state index contributed by atoms with van der Waals surface area (Å²) in [6, 6.07) is 0.218. The number of aliphatic hydroxyl groups is 1. The van der Waals surface area contributed by atoms with Gasteiger partial charge in [0.1, 0.15) is 0 Å². The molecule has 0 aromatic rings. The average Bonchev–Trinajstić information content (AvgIpc) is 3.20. The fraction of sp³-hybridized carbons (Fsp3) is 1.00. The van der Waals surface area contributed by atoms with Crippen LogP contribution in [0.15, 0.2) is 0 Å². The van der Waals surface area contributed by atoms with Crippen molar-refractivity contribution in [2.45, 2.75) is 51.0 Å². The highest BCUT2D eigenvalue weighted by molar-refractivity contribution is 7.86. The number of nitrogens with zero attached hydrogens (tertiary/aromatic N) is 2. The van der Waals surface area contributed by atoms with Crippen molar-refractivity contribution in [2.75, 3.05) is 26.2 Å². The maximum absolute atomic E-state index is 12.6. The van der Waals surface area contributed by atoms with Gasteiger partial charge in [0.25, 0.3) is 10.2 Å². The lowest BCUT2D eigenvalue weighted by Gasteiger charge is -2.32. The second-order valence-electron chi connectivity index (χ2n) is 5.24. The summed E-state index contributed by atoms with van der Waals surface area (Å²) in [6.45, 7) is 2.05. The topological polar surface area (TPSA) is 60.9 Å². The summed E-state index contributed by atoms with van der Waals surface area (Å²) in [5.41, 5.74) is 0. The van der Waals surface area contributed by atoms with Crippen molar-refractivity contribution >= 4 is 10.2 Å². The number of hydrogen-bond donors (Lipinski definition) is 1. The van der Waals surface area contributed by atoms with E-state index in [1.807, 2.05) is 0 Å². The molecule has 0 radical (unpaired) electrons. The van der Waals surface area contributed by atoms with Crippen molar-refractivity contribution in [3.8, 4) is 0 Å². The molecule has 1 saturated carbocycles. The lowest BCUT2D eigenvalue weighted by atomic mass is 10.2. The second-order valence-corrected chi connectivity index (χ2v) is 7.12. The minimum Gasteiger partial charge on any atom is -0.396 e. The molecule has 2 rings (SSSR count). The number of piperidine rings is 1. The molecule has 0 aromatic heterocycles. The standard InChI is InChI=1S/C12H24N2O3S/c15-11-5-4-10-14(12-6-7-12)18(16,17)13-8-2-1-3-9-13/h12,15H,1-11H2. The average molecular weight is 276 g/mol. The molecule has 1 N–H and O–H groups in total. The molecule has 0 unspecified atom stereocenters. The lowest BCUT2D eigenvalue weighted by molar-refractivity contribution is 0.266. The summed E-state index contributed by atoms with van der Waals surface area (Å²) in [7, 11) is -3.26. The third-order valence-electron chi connectivity index (χ3n) is 3.68. The van der Waals surface area contributed by atoms with Gasteiger partial charge in [-0.15, -0.1) is 0 Å². The molecule has 6 heteroatoms. The first-order chi connectivity index (χ1) is 8.66. The number of rotatable bonds is 7. The third-order valence-corrected chi connectivity index (χ3v) is 5.77. The van der Waals surface area contributed by atoms with Gasteiger partial charge in [-0.3, -0.25) is 0 Å². The first-order valence-corrected chi connectivity index (χ1v) is 8.44. The molecule has 1 saturated heterocycles. The van der Waals surface area contributed by atoms with E-state index in [0.717, 1.165) is 38.5 Å². The summed E-state index contributed by atoms with van der Waals surface area (Å²) in [5, 5.41) is 8.81. The number of unbranched alkanes of at least 4 members (excludes halogenated alkanes) is 1. The van der Waals surface area contributed by atoms with Gasteiger partial charge < -0.3 is 5.11 Å². The molecule has 0 aromatic carbocycles. The van der Waals surface area contributed by atoms with Gasteiger partial charge in [-0.1, -0.05) is 6.42 Å². The quantitative estimate of drug-likeness (QED) is 0.704. The summed E-state index contributed by atoms with van der Waals surface area (Å²) in [6.07, 6.45) is 6.51. The van der Waals surface area contributed by atoms with Crippen LogP contribution in [0, 0.1) is 0 Å². The van der Waals surface area contributed by atoms with Crippen molar-refractivity contribution in [2.24, 2.45) is 0 Å². The van der Waals surface area contributed by atoms with Crippen LogP contribution in [-0.2, 0) is 10.2 Å². The second kappa shape index (κ2) is 6.32. The summed E-state index contributed by atoms with van der Waals surface area (Å²) in [4.78, 5) is 0. The lowest BCUT2D eigenvalue weighted by Crippen LogP contribution is -2.47. The van der Waals surface area contributed by atoms with Crippen LogP contribution in [-0.4, -0.2) is 54.4 Å². The Labute approximate surface area is 110 Å². The molecule has 0 atom stereocenters. The van der Waals surface area contributed by atoms with Crippen LogP contribution in [0.25, 0.3) is 0 Å². The Morgan fingerprint density at radius 2 is 1.78 bits per heavy atom. The maximum Gasteiger partial charge on any atom is 0.282 e. The van der Waals surface area contributed by atoms with Crippen molar-refractivity contribution in [3.05, 3.63) is 0 Å². The minimum absolute atomic E-state index is 0.141. The summed E-state index contributed by atoms with van der Waals surface area (Å²) < 4.78 is 28.4. The van der Waals surface area contributed by atoms with E-state index in [2.05, 4.69) is 0 Å². The van der Waals surface area contributed by atoms with Gasteiger partial charge in [0.2, 0.25) is 0 Å². The van der Waals surface area contributed by atoms with Gasteiger partial charge in [0, 0.05) is 32.3 Å². The third kappa shape index (κ3) is 3.44. The van der Waals surface area contributed by atoms with Crippen LogP contribution in [0.1, 0.15) is 44.9 Å². The maximum atomic E-state index is 12.6. The number of hydrogen-bond acceptors (Lipinski definition) is 3. The Hall–Kier alpha value is -0.170. The Morgan fingerprint density at radius 3 is 2.33 bits per heavy atom. The Balaban J connectivity index is 1.98. The van der Waals surface area contributed by atoms with E-state index in [9.17, 15) is 8.42 Å². The first-order valence-electron chi connectivity index (χ1n) is 7.04. The molecule has 0 bridgehead atoms. The zero-order chi connectivity index (χ0) is 13.0. The van der Waals surface area contributed by atoms with E-state index in [4.69, 9.17) is 5.11 Å². The molecule has 18 heavy (non-hydrogen) atoms. The minimum atomic E-state index is -3.26. The summed E-state index contributed by atoms with van der Waals surface area (Å²) >= 11 is 0. The molecular weight excluding hydrogens is 252 g/mol. The molecule has 106 valence electrons. The fourth-order valence-corrected chi connectivity index (χ4v) is 4.44. The van der Waals surface area contributed by atoms with Crippen LogP contribution in [0.2, 0.25) is 0 Å². The predicted molar refractivity (Wildman–Crippen MR) is 70.4 cm³/mol. The highest BCUT2D eigenvalue weighted by Crippen LogP contribution is 2.31. The SMILES string of the molecule is O=S(=O)(N1CCCCC1)N(CCCCO)C1CC1. The zero-order valence-electron chi connectivity index (χ0n) is 10.9. The van der Waals surface area contributed by atoms with Crippen LogP contribution in [0.4, 0.5) is 0 Å². The van der Waals surface area contributed by atoms with E-state index < -0.39 is 10.2 Å². The monoisotopic (exact) mass is 276 g/mol. The molecule has 1 heterocycles. The number of aliphatic hydroxyl groups excluding tert-OH is 1. The van der Waals surface area contributed by atoms with Crippen LogP contribution >= 0.6 is 0 Å².